The molecule has 2 N–H and O–H groups in total. The number of hydrogen-bond acceptors (Lipinski definition) is 4. The predicted octanol–water partition coefficient (Wildman–Crippen LogP) is 3.85. The van der Waals surface area contributed by atoms with Crippen LogP contribution in [0, 0.1) is 5.92 Å². The molecule has 0 aromatic heterocycles. The fraction of sp³-hybridized carbons (Fsp3) is 0.625. The lowest BCUT2D eigenvalue weighted by molar-refractivity contribution is 0.171. The van der Waals surface area contributed by atoms with E-state index in [1.54, 1.807) is 0 Å². The Balaban J connectivity index is 1.65. The molecule has 0 bridgehead atoms. The Morgan fingerprint density at radius 1 is 1.20 bits per heavy atom. The van der Waals surface area contributed by atoms with E-state index in [0.717, 1.165) is 34.1 Å². The summed E-state index contributed by atoms with van der Waals surface area (Å²) in [5, 5.41) is 0.784. The van der Waals surface area contributed by atoms with Gasteiger partial charge in [0.2, 0.25) is 0 Å². The van der Waals surface area contributed by atoms with Gasteiger partial charge < -0.3 is 15.2 Å². The number of benzene rings is 1. The summed E-state index contributed by atoms with van der Waals surface area (Å²) in [5.74, 6) is 3.48. The minimum atomic E-state index is 0.612. The Morgan fingerprint density at radius 3 is 2.70 bits per heavy atom. The molecule has 2 unspecified atom stereocenters. The molecule has 1 aliphatic heterocycles. The van der Waals surface area contributed by atoms with E-state index in [4.69, 9.17) is 15.2 Å². The highest BCUT2D eigenvalue weighted by atomic mass is 32.2. The summed E-state index contributed by atoms with van der Waals surface area (Å²) in [6.45, 7) is 3.61. The number of ether oxygens (including phenoxy) is 2. The average molecular weight is 293 g/mol. The van der Waals surface area contributed by atoms with Crippen molar-refractivity contribution in [3.63, 3.8) is 0 Å². The molecule has 110 valence electrons. The van der Waals surface area contributed by atoms with Gasteiger partial charge in [-0.3, -0.25) is 0 Å². The summed E-state index contributed by atoms with van der Waals surface area (Å²) in [6, 6.07) is 3.97. The Labute approximate surface area is 125 Å². The normalized spacial score (nSPS) is 25.4. The number of nitrogens with two attached hydrogens (primary N) is 1. The summed E-state index contributed by atoms with van der Waals surface area (Å²) in [4.78, 5) is 0. The van der Waals surface area contributed by atoms with Crippen LogP contribution in [0.4, 0.5) is 5.69 Å². The largest absolute Gasteiger partial charge is 0.486 e. The standard InChI is InChI=1S/C16H23NO2S/c1-11-3-2-4-13(7-11)20-10-12-8-15-16(9-14(12)17)19-6-5-18-15/h8-9,11,13H,2-7,10,17H2,1H3. The van der Waals surface area contributed by atoms with E-state index in [1.165, 1.54) is 31.2 Å². The van der Waals surface area contributed by atoms with Crippen LogP contribution in [0.5, 0.6) is 11.5 Å². The first kappa shape index (κ1) is 13.9. The molecule has 1 fully saturated rings. The van der Waals surface area contributed by atoms with Gasteiger partial charge >= 0.3 is 0 Å². The van der Waals surface area contributed by atoms with Crippen LogP contribution in [0.25, 0.3) is 0 Å². The van der Waals surface area contributed by atoms with Crippen LogP contribution in [-0.4, -0.2) is 18.5 Å². The molecule has 1 saturated carbocycles. The van der Waals surface area contributed by atoms with Crippen LogP contribution in [0.1, 0.15) is 38.2 Å². The molecule has 3 nitrogen and oxygen atoms in total. The highest BCUT2D eigenvalue weighted by molar-refractivity contribution is 7.99. The maximum atomic E-state index is 6.14. The predicted molar refractivity (Wildman–Crippen MR) is 84.6 cm³/mol. The molecule has 1 aromatic carbocycles. The quantitative estimate of drug-likeness (QED) is 0.860. The van der Waals surface area contributed by atoms with Gasteiger partial charge in [0, 0.05) is 22.8 Å². The number of anilines is 1. The van der Waals surface area contributed by atoms with Crippen molar-refractivity contribution >= 4 is 17.4 Å². The van der Waals surface area contributed by atoms with E-state index in [2.05, 4.69) is 13.0 Å². The van der Waals surface area contributed by atoms with Crippen molar-refractivity contribution in [1.82, 2.24) is 0 Å². The third-order valence-electron chi connectivity index (χ3n) is 4.17. The summed E-state index contributed by atoms with van der Waals surface area (Å²) >= 11 is 2.04. The molecule has 0 amide bonds. The zero-order valence-corrected chi connectivity index (χ0v) is 12.9. The summed E-state index contributed by atoms with van der Waals surface area (Å²) in [6.07, 6.45) is 5.45. The van der Waals surface area contributed by atoms with Crippen molar-refractivity contribution in [2.24, 2.45) is 5.92 Å². The molecule has 4 heteroatoms. The third kappa shape index (κ3) is 3.17. The number of hydrogen-bond donors (Lipinski definition) is 1. The Bertz CT molecular complexity index is 478. The molecular weight excluding hydrogens is 270 g/mol. The zero-order valence-electron chi connectivity index (χ0n) is 12.1. The Morgan fingerprint density at radius 2 is 1.95 bits per heavy atom. The topological polar surface area (TPSA) is 44.5 Å². The molecule has 1 aliphatic carbocycles. The minimum absolute atomic E-state index is 0.612. The number of nitrogen functional groups attached to an aromatic ring is 1. The summed E-state index contributed by atoms with van der Waals surface area (Å²) < 4.78 is 11.2. The van der Waals surface area contributed by atoms with Crippen LogP contribution in [-0.2, 0) is 5.75 Å². The second-order valence-electron chi connectivity index (χ2n) is 5.90. The number of thioether (sulfide) groups is 1. The van der Waals surface area contributed by atoms with Gasteiger partial charge in [-0.1, -0.05) is 19.8 Å². The maximum Gasteiger partial charge on any atom is 0.163 e. The monoisotopic (exact) mass is 293 g/mol. The maximum absolute atomic E-state index is 6.14. The van der Waals surface area contributed by atoms with Crippen molar-refractivity contribution in [2.75, 3.05) is 18.9 Å². The summed E-state index contributed by atoms with van der Waals surface area (Å²) in [7, 11) is 0. The SMILES string of the molecule is CC1CCCC(SCc2cc3c(cc2N)OCCO3)C1. The van der Waals surface area contributed by atoms with Gasteiger partial charge in [-0.25, -0.2) is 0 Å². The molecule has 2 atom stereocenters. The van der Waals surface area contributed by atoms with E-state index in [9.17, 15) is 0 Å². The van der Waals surface area contributed by atoms with Gasteiger partial charge in [-0.15, -0.1) is 0 Å². The fourth-order valence-electron chi connectivity index (χ4n) is 3.01. The summed E-state index contributed by atoms with van der Waals surface area (Å²) in [5.41, 5.74) is 8.14. The second kappa shape index (κ2) is 6.17. The molecule has 20 heavy (non-hydrogen) atoms. The first-order chi connectivity index (χ1) is 9.72. The highest BCUT2D eigenvalue weighted by Gasteiger charge is 2.20. The fourth-order valence-corrected chi connectivity index (χ4v) is 4.47. The van der Waals surface area contributed by atoms with Gasteiger partial charge in [0.05, 0.1) is 0 Å². The van der Waals surface area contributed by atoms with E-state index in [0.29, 0.717) is 13.2 Å². The van der Waals surface area contributed by atoms with Crippen molar-refractivity contribution in [2.45, 2.75) is 43.6 Å². The van der Waals surface area contributed by atoms with Crippen LogP contribution >= 0.6 is 11.8 Å². The van der Waals surface area contributed by atoms with Gasteiger partial charge in [0.1, 0.15) is 13.2 Å². The molecule has 1 heterocycles. The number of fused-ring (bicyclic) bond motifs is 1. The van der Waals surface area contributed by atoms with E-state index in [-0.39, 0.29) is 0 Å². The Hall–Kier alpha value is -1.03. The van der Waals surface area contributed by atoms with Gasteiger partial charge in [0.15, 0.2) is 11.5 Å². The van der Waals surface area contributed by atoms with Gasteiger partial charge in [-0.2, -0.15) is 11.8 Å². The van der Waals surface area contributed by atoms with E-state index >= 15 is 0 Å². The molecule has 0 saturated heterocycles. The van der Waals surface area contributed by atoms with Crippen molar-refractivity contribution in [3.05, 3.63) is 17.7 Å². The first-order valence-corrected chi connectivity index (χ1v) is 8.57. The molecular formula is C16H23NO2S. The Kier molecular flexibility index (Phi) is 4.29. The molecule has 1 aromatic rings. The average Bonchev–Trinajstić information content (AvgIpc) is 2.45. The zero-order chi connectivity index (χ0) is 13.9. The van der Waals surface area contributed by atoms with E-state index in [1.807, 2.05) is 17.8 Å². The molecule has 0 spiro atoms. The number of rotatable bonds is 3. The van der Waals surface area contributed by atoms with Crippen LogP contribution in [0.15, 0.2) is 12.1 Å². The van der Waals surface area contributed by atoms with Crippen LogP contribution in [0.3, 0.4) is 0 Å². The lowest BCUT2D eigenvalue weighted by Gasteiger charge is -2.26. The van der Waals surface area contributed by atoms with Crippen LogP contribution in [0.2, 0.25) is 0 Å². The second-order valence-corrected chi connectivity index (χ2v) is 7.19. The van der Waals surface area contributed by atoms with Crippen molar-refractivity contribution < 1.29 is 9.47 Å². The van der Waals surface area contributed by atoms with Gasteiger partial charge in [-0.05, 0) is 30.4 Å². The minimum Gasteiger partial charge on any atom is -0.486 e. The van der Waals surface area contributed by atoms with Crippen molar-refractivity contribution in [3.8, 4) is 11.5 Å². The first-order valence-electron chi connectivity index (χ1n) is 7.52. The lowest BCUT2D eigenvalue weighted by atomic mass is 9.91. The smallest absolute Gasteiger partial charge is 0.163 e. The molecule has 3 rings (SSSR count). The third-order valence-corrected chi connectivity index (χ3v) is 5.54. The molecule has 2 aliphatic rings. The van der Waals surface area contributed by atoms with Gasteiger partial charge in [0.25, 0.3) is 0 Å². The van der Waals surface area contributed by atoms with Crippen molar-refractivity contribution in [1.29, 1.82) is 0 Å². The molecule has 0 radical (unpaired) electrons. The van der Waals surface area contributed by atoms with Crippen LogP contribution < -0.4 is 15.2 Å². The highest BCUT2D eigenvalue weighted by Crippen LogP contribution is 2.38. The lowest BCUT2D eigenvalue weighted by Crippen LogP contribution is -2.16. The van der Waals surface area contributed by atoms with E-state index < -0.39 is 0 Å².